The van der Waals surface area contributed by atoms with Gasteiger partial charge in [-0.3, -0.25) is 14.6 Å². The van der Waals surface area contributed by atoms with Crippen molar-refractivity contribution in [1.29, 1.82) is 0 Å². The van der Waals surface area contributed by atoms with Crippen LogP contribution in [0.15, 0.2) is 48.8 Å². The van der Waals surface area contributed by atoms with Crippen molar-refractivity contribution in [2.75, 3.05) is 6.54 Å². The van der Waals surface area contributed by atoms with Crippen LogP contribution in [0.3, 0.4) is 0 Å². The first-order chi connectivity index (χ1) is 11.2. The third-order valence-corrected chi connectivity index (χ3v) is 4.01. The molecule has 118 valence electrons. The number of rotatable bonds is 4. The van der Waals surface area contributed by atoms with Crippen molar-refractivity contribution >= 4 is 11.8 Å². The van der Waals surface area contributed by atoms with Crippen LogP contribution in [-0.2, 0) is 29.1 Å². The van der Waals surface area contributed by atoms with E-state index in [9.17, 15) is 9.59 Å². The number of pyridine rings is 1. The van der Waals surface area contributed by atoms with Crippen LogP contribution >= 0.6 is 0 Å². The van der Waals surface area contributed by atoms with Gasteiger partial charge in [0.1, 0.15) is 6.42 Å². The van der Waals surface area contributed by atoms with Gasteiger partial charge in [-0.15, -0.1) is 0 Å². The van der Waals surface area contributed by atoms with Crippen molar-refractivity contribution < 1.29 is 9.59 Å². The summed E-state index contributed by atoms with van der Waals surface area (Å²) in [6.07, 6.45) is 4.12. The molecule has 5 nitrogen and oxygen atoms in total. The number of hydrogen-bond donors (Lipinski definition) is 1. The third-order valence-electron chi connectivity index (χ3n) is 4.01. The molecule has 23 heavy (non-hydrogen) atoms. The molecule has 0 spiro atoms. The highest BCUT2D eigenvalue weighted by Gasteiger charge is 2.22. The molecule has 1 aromatic carbocycles. The third kappa shape index (κ3) is 3.94. The fourth-order valence-corrected chi connectivity index (χ4v) is 2.72. The summed E-state index contributed by atoms with van der Waals surface area (Å²) in [6.45, 7) is 1.65. The largest absolute Gasteiger partial charge is 0.352 e. The van der Waals surface area contributed by atoms with Gasteiger partial charge in [-0.1, -0.05) is 30.3 Å². The van der Waals surface area contributed by atoms with E-state index >= 15 is 0 Å². The second kappa shape index (κ2) is 7.05. The number of carbonyl (C=O) groups is 2. The molecular formula is C18H19N3O2. The lowest BCUT2D eigenvalue weighted by molar-refractivity contribution is -0.136. The van der Waals surface area contributed by atoms with E-state index in [0.717, 1.165) is 12.0 Å². The van der Waals surface area contributed by atoms with Crippen molar-refractivity contribution in [3.8, 4) is 0 Å². The first kappa shape index (κ1) is 15.2. The Kier molecular flexibility index (Phi) is 4.66. The molecule has 1 N–H and O–H groups in total. The summed E-state index contributed by atoms with van der Waals surface area (Å²) in [6, 6.07) is 11.8. The molecule has 1 aliphatic heterocycles. The summed E-state index contributed by atoms with van der Waals surface area (Å²) in [4.78, 5) is 30.0. The molecule has 5 heteroatoms. The van der Waals surface area contributed by atoms with E-state index < -0.39 is 0 Å². The van der Waals surface area contributed by atoms with Crippen LogP contribution in [0, 0.1) is 0 Å². The number of carbonyl (C=O) groups excluding carboxylic acids is 2. The van der Waals surface area contributed by atoms with Crippen LogP contribution < -0.4 is 5.32 Å². The minimum absolute atomic E-state index is 0.109. The van der Waals surface area contributed by atoms with Gasteiger partial charge < -0.3 is 10.2 Å². The van der Waals surface area contributed by atoms with Crippen LogP contribution in [0.2, 0.25) is 0 Å². The Bertz CT molecular complexity index is 700. The molecule has 1 aromatic heterocycles. The van der Waals surface area contributed by atoms with E-state index in [1.165, 1.54) is 11.1 Å². The van der Waals surface area contributed by atoms with Crippen molar-refractivity contribution in [2.24, 2.45) is 0 Å². The number of aromatic nitrogens is 1. The minimum atomic E-state index is -0.252. The van der Waals surface area contributed by atoms with Crippen LogP contribution in [-0.4, -0.2) is 28.2 Å². The maximum atomic E-state index is 12.3. The van der Waals surface area contributed by atoms with Gasteiger partial charge in [0.15, 0.2) is 0 Å². The molecule has 0 fully saturated rings. The number of benzene rings is 1. The van der Waals surface area contributed by atoms with E-state index in [1.54, 1.807) is 17.3 Å². The molecule has 2 amide bonds. The monoisotopic (exact) mass is 309 g/mol. The molecule has 0 bridgehead atoms. The lowest BCUT2D eigenvalue weighted by Gasteiger charge is -2.28. The Morgan fingerprint density at radius 1 is 1.13 bits per heavy atom. The standard InChI is InChI=1S/C18H19N3O2/c22-17(20-12-14-4-3-8-19-11-14)10-18(23)21-9-7-15-5-1-2-6-16(15)13-21/h1-6,8,11H,7,9-10,12-13H2,(H,20,22). The molecule has 0 unspecified atom stereocenters. The molecule has 1 aliphatic rings. The Labute approximate surface area is 135 Å². The Balaban J connectivity index is 1.50. The van der Waals surface area contributed by atoms with Crippen molar-refractivity contribution in [3.63, 3.8) is 0 Å². The van der Waals surface area contributed by atoms with Crippen LogP contribution in [0.1, 0.15) is 23.1 Å². The van der Waals surface area contributed by atoms with Crippen LogP contribution in [0.4, 0.5) is 0 Å². The quantitative estimate of drug-likeness (QED) is 0.874. The van der Waals surface area contributed by atoms with Gasteiger partial charge in [0.2, 0.25) is 11.8 Å². The van der Waals surface area contributed by atoms with Gasteiger partial charge in [-0.2, -0.15) is 0 Å². The fourth-order valence-electron chi connectivity index (χ4n) is 2.72. The average molecular weight is 309 g/mol. The normalized spacial score (nSPS) is 13.3. The van der Waals surface area contributed by atoms with E-state index in [1.807, 2.05) is 30.3 Å². The topological polar surface area (TPSA) is 62.3 Å². The van der Waals surface area contributed by atoms with E-state index in [-0.39, 0.29) is 18.2 Å². The molecule has 0 aliphatic carbocycles. The Hall–Kier alpha value is -2.69. The van der Waals surface area contributed by atoms with Crippen molar-refractivity contribution in [1.82, 2.24) is 15.2 Å². The zero-order valence-electron chi connectivity index (χ0n) is 12.9. The molecule has 0 saturated heterocycles. The average Bonchev–Trinajstić information content (AvgIpc) is 2.60. The zero-order chi connectivity index (χ0) is 16.1. The summed E-state index contributed by atoms with van der Waals surface area (Å²) in [7, 11) is 0. The van der Waals surface area contributed by atoms with Gasteiger partial charge in [0.05, 0.1) is 0 Å². The molecule has 3 rings (SSSR count). The smallest absolute Gasteiger partial charge is 0.232 e. The maximum absolute atomic E-state index is 12.3. The number of nitrogens with zero attached hydrogens (tertiary/aromatic N) is 2. The van der Waals surface area contributed by atoms with E-state index in [2.05, 4.69) is 16.4 Å². The van der Waals surface area contributed by atoms with Gasteiger partial charge in [-0.05, 0) is 29.2 Å². The molecule has 2 aromatic rings. The second-order valence-electron chi connectivity index (χ2n) is 5.65. The molecular weight excluding hydrogens is 290 g/mol. The van der Waals surface area contributed by atoms with Crippen molar-refractivity contribution in [2.45, 2.75) is 25.9 Å². The highest BCUT2D eigenvalue weighted by molar-refractivity contribution is 5.96. The zero-order valence-corrected chi connectivity index (χ0v) is 12.9. The summed E-state index contributed by atoms with van der Waals surface area (Å²) >= 11 is 0. The van der Waals surface area contributed by atoms with Gasteiger partial charge in [-0.25, -0.2) is 0 Å². The molecule has 2 heterocycles. The lowest BCUT2D eigenvalue weighted by Crippen LogP contribution is -2.38. The minimum Gasteiger partial charge on any atom is -0.352 e. The predicted molar refractivity (Wildman–Crippen MR) is 86.3 cm³/mol. The Morgan fingerprint density at radius 2 is 1.96 bits per heavy atom. The lowest BCUT2D eigenvalue weighted by atomic mass is 10.00. The van der Waals surface area contributed by atoms with Crippen molar-refractivity contribution in [3.05, 3.63) is 65.5 Å². The number of fused-ring (bicyclic) bond motifs is 1. The van der Waals surface area contributed by atoms with E-state index in [0.29, 0.717) is 19.6 Å². The molecule has 0 atom stereocenters. The summed E-state index contributed by atoms with van der Waals surface area (Å²) in [5.74, 6) is -0.374. The van der Waals surface area contributed by atoms with Gasteiger partial charge in [0.25, 0.3) is 0 Å². The summed E-state index contributed by atoms with van der Waals surface area (Å²) in [5, 5.41) is 2.76. The summed E-state index contributed by atoms with van der Waals surface area (Å²) < 4.78 is 0. The van der Waals surface area contributed by atoms with Crippen LogP contribution in [0.25, 0.3) is 0 Å². The number of nitrogens with one attached hydrogen (secondary N) is 1. The highest BCUT2D eigenvalue weighted by Crippen LogP contribution is 2.18. The fraction of sp³-hybridized carbons (Fsp3) is 0.278. The second-order valence-corrected chi connectivity index (χ2v) is 5.65. The van der Waals surface area contributed by atoms with Crippen LogP contribution in [0.5, 0.6) is 0 Å². The Morgan fingerprint density at radius 3 is 2.74 bits per heavy atom. The maximum Gasteiger partial charge on any atom is 0.232 e. The SMILES string of the molecule is O=C(CC(=O)N1CCc2ccccc2C1)NCc1cccnc1. The number of hydrogen-bond acceptors (Lipinski definition) is 3. The summed E-state index contributed by atoms with van der Waals surface area (Å²) in [5.41, 5.74) is 3.38. The molecule has 0 radical (unpaired) electrons. The number of amides is 2. The molecule has 0 saturated carbocycles. The van der Waals surface area contributed by atoms with E-state index in [4.69, 9.17) is 0 Å². The highest BCUT2D eigenvalue weighted by atomic mass is 16.2. The predicted octanol–water partition coefficient (Wildman–Crippen LogP) is 1.67. The first-order valence-corrected chi connectivity index (χ1v) is 7.72. The van der Waals surface area contributed by atoms with Gasteiger partial charge in [0, 0.05) is 32.0 Å². The van der Waals surface area contributed by atoms with Gasteiger partial charge >= 0.3 is 0 Å². The first-order valence-electron chi connectivity index (χ1n) is 7.72.